The predicted octanol–water partition coefficient (Wildman–Crippen LogP) is 1.45. The Kier molecular flexibility index (Phi) is 3.70. The fraction of sp³-hybridized carbons (Fsp3) is 0.364. The van der Waals surface area contributed by atoms with Crippen LogP contribution in [0.25, 0.3) is 0 Å². The predicted molar refractivity (Wildman–Crippen MR) is 60.3 cm³/mol. The third kappa shape index (κ3) is 2.41. The number of ether oxygens (including phenoxy) is 1. The number of hydrogen-bond acceptors (Lipinski definition) is 4. The second-order valence-electron chi connectivity index (χ2n) is 3.47. The summed E-state index contributed by atoms with van der Waals surface area (Å²) in [6, 6.07) is 5.99. The Bertz CT molecular complexity index is 473. The molecular formula is C11H14O4S. The lowest BCUT2D eigenvalue weighted by atomic mass is 10.3. The molecule has 0 amide bonds. The molecule has 0 aliphatic carbocycles. The molecule has 0 saturated carbocycles. The SMILES string of the molecule is COc1ccc(S(=O)(=O)C(C)C(C)=O)cc1. The van der Waals surface area contributed by atoms with Gasteiger partial charge in [-0.3, -0.25) is 4.79 Å². The van der Waals surface area contributed by atoms with Crippen molar-refractivity contribution in [2.45, 2.75) is 24.0 Å². The Labute approximate surface area is 95.2 Å². The Morgan fingerprint density at radius 1 is 1.25 bits per heavy atom. The maximum atomic E-state index is 11.9. The smallest absolute Gasteiger partial charge is 0.188 e. The lowest BCUT2D eigenvalue weighted by Crippen LogP contribution is -2.25. The number of ketones is 1. The summed E-state index contributed by atoms with van der Waals surface area (Å²) in [6.07, 6.45) is 0. The quantitative estimate of drug-likeness (QED) is 0.801. The van der Waals surface area contributed by atoms with Gasteiger partial charge in [-0.15, -0.1) is 0 Å². The van der Waals surface area contributed by atoms with Crippen LogP contribution in [-0.4, -0.2) is 26.6 Å². The molecule has 1 unspecified atom stereocenters. The first kappa shape index (κ1) is 12.7. The lowest BCUT2D eigenvalue weighted by molar-refractivity contribution is -0.116. The molecule has 0 aliphatic heterocycles. The summed E-state index contributed by atoms with van der Waals surface area (Å²) in [5.41, 5.74) is 0. The highest BCUT2D eigenvalue weighted by Gasteiger charge is 2.26. The number of methoxy groups -OCH3 is 1. The van der Waals surface area contributed by atoms with Crippen LogP contribution in [-0.2, 0) is 14.6 Å². The third-order valence-electron chi connectivity index (χ3n) is 2.43. The number of benzene rings is 1. The van der Waals surface area contributed by atoms with Gasteiger partial charge in [0.25, 0.3) is 0 Å². The van der Waals surface area contributed by atoms with Crippen molar-refractivity contribution in [3.05, 3.63) is 24.3 Å². The van der Waals surface area contributed by atoms with Gasteiger partial charge in [0.05, 0.1) is 12.0 Å². The van der Waals surface area contributed by atoms with Gasteiger partial charge < -0.3 is 4.74 Å². The molecule has 0 aromatic heterocycles. The highest BCUT2D eigenvalue weighted by atomic mass is 32.2. The Morgan fingerprint density at radius 2 is 1.75 bits per heavy atom. The largest absolute Gasteiger partial charge is 0.497 e. The van der Waals surface area contributed by atoms with Crippen LogP contribution in [0.15, 0.2) is 29.2 Å². The zero-order valence-electron chi connectivity index (χ0n) is 9.43. The molecule has 0 aliphatic rings. The van der Waals surface area contributed by atoms with E-state index in [9.17, 15) is 13.2 Å². The van der Waals surface area contributed by atoms with Crippen LogP contribution in [0.1, 0.15) is 13.8 Å². The fourth-order valence-electron chi connectivity index (χ4n) is 1.19. The minimum atomic E-state index is -3.57. The average molecular weight is 242 g/mol. The van der Waals surface area contributed by atoms with Crippen molar-refractivity contribution in [1.82, 2.24) is 0 Å². The van der Waals surface area contributed by atoms with E-state index in [1.54, 1.807) is 12.1 Å². The number of sulfone groups is 1. The van der Waals surface area contributed by atoms with Crippen molar-refractivity contribution in [3.8, 4) is 5.75 Å². The van der Waals surface area contributed by atoms with E-state index in [2.05, 4.69) is 0 Å². The molecular weight excluding hydrogens is 228 g/mol. The van der Waals surface area contributed by atoms with Crippen LogP contribution in [0.5, 0.6) is 5.75 Å². The average Bonchev–Trinajstić information content (AvgIpc) is 2.28. The monoisotopic (exact) mass is 242 g/mol. The van der Waals surface area contributed by atoms with E-state index < -0.39 is 15.1 Å². The molecule has 0 saturated heterocycles. The zero-order valence-corrected chi connectivity index (χ0v) is 10.2. The van der Waals surface area contributed by atoms with E-state index in [1.807, 2.05) is 0 Å². The number of carbonyl (C=O) groups excluding carboxylic acids is 1. The molecule has 5 heteroatoms. The van der Waals surface area contributed by atoms with Gasteiger partial charge in [0.1, 0.15) is 16.8 Å². The minimum Gasteiger partial charge on any atom is -0.497 e. The van der Waals surface area contributed by atoms with Crippen molar-refractivity contribution in [3.63, 3.8) is 0 Å². The Balaban J connectivity index is 3.13. The fourth-order valence-corrected chi connectivity index (χ4v) is 2.55. The van der Waals surface area contributed by atoms with Gasteiger partial charge >= 0.3 is 0 Å². The van der Waals surface area contributed by atoms with Crippen molar-refractivity contribution in [1.29, 1.82) is 0 Å². The molecule has 0 N–H and O–H groups in total. The van der Waals surface area contributed by atoms with Gasteiger partial charge in [0.15, 0.2) is 9.84 Å². The van der Waals surface area contributed by atoms with Crippen LogP contribution in [0, 0.1) is 0 Å². The second-order valence-corrected chi connectivity index (χ2v) is 5.74. The minimum absolute atomic E-state index is 0.135. The summed E-state index contributed by atoms with van der Waals surface area (Å²) in [6.45, 7) is 2.66. The van der Waals surface area contributed by atoms with Gasteiger partial charge in [-0.25, -0.2) is 8.42 Å². The number of hydrogen-bond donors (Lipinski definition) is 0. The first-order valence-electron chi connectivity index (χ1n) is 4.78. The van der Waals surface area contributed by atoms with Gasteiger partial charge in [-0.2, -0.15) is 0 Å². The normalized spacial score (nSPS) is 13.2. The highest BCUT2D eigenvalue weighted by Crippen LogP contribution is 2.19. The van der Waals surface area contributed by atoms with Crippen molar-refractivity contribution in [2.24, 2.45) is 0 Å². The molecule has 0 heterocycles. The Morgan fingerprint density at radius 3 is 2.12 bits per heavy atom. The molecule has 0 fully saturated rings. The molecule has 1 rings (SSSR count). The van der Waals surface area contributed by atoms with E-state index in [4.69, 9.17) is 4.74 Å². The summed E-state index contributed by atoms with van der Waals surface area (Å²) < 4.78 is 28.8. The summed E-state index contributed by atoms with van der Waals surface area (Å²) in [4.78, 5) is 11.2. The molecule has 1 aromatic carbocycles. The van der Waals surface area contributed by atoms with Crippen LogP contribution < -0.4 is 4.74 Å². The van der Waals surface area contributed by atoms with Crippen LogP contribution in [0.2, 0.25) is 0 Å². The number of Topliss-reactive ketones (excluding diaryl/α,β-unsaturated/α-hetero) is 1. The van der Waals surface area contributed by atoms with E-state index in [-0.39, 0.29) is 10.7 Å². The Hall–Kier alpha value is -1.36. The maximum Gasteiger partial charge on any atom is 0.188 e. The molecule has 16 heavy (non-hydrogen) atoms. The molecule has 88 valence electrons. The summed E-state index contributed by atoms with van der Waals surface area (Å²) >= 11 is 0. The van der Waals surface area contributed by atoms with E-state index in [0.29, 0.717) is 5.75 Å². The highest BCUT2D eigenvalue weighted by molar-refractivity contribution is 7.92. The summed E-state index contributed by atoms with van der Waals surface area (Å²) in [5.74, 6) is 0.213. The number of rotatable bonds is 4. The first-order valence-corrected chi connectivity index (χ1v) is 6.32. The van der Waals surface area contributed by atoms with Gasteiger partial charge in [-0.1, -0.05) is 0 Å². The van der Waals surface area contributed by atoms with Crippen LogP contribution in [0.3, 0.4) is 0 Å². The van der Waals surface area contributed by atoms with E-state index in [0.717, 1.165) is 0 Å². The third-order valence-corrected chi connectivity index (χ3v) is 4.62. The molecule has 0 spiro atoms. The van der Waals surface area contributed by atoms with E-state index >= 15 is 0 Å². The molecule has 1 aromatic rings. The number of carbonyl (C=O) groups is 1. The van der Waals surface area contributed by atoms with Gasteiger partial charge in [-0.05, 0) is 38.1 Å². The summed E-state index contributed by atoms with van der Waals surface area (Å²) in [5, 5.41) is -1.01. The van der Waals surface area contributed by atoms with Crippen molar-refractivity contribution >= 4 is 15.6 Å². The van der Waals surface area contributed by atoms with Gasteiger partial charge in [0, 0.05) is 0 Å². The van der Waals surface area contributed by atoms with Crippen LogP contribution in [0.4, 0.5) is 0 Å². The van der Waals surface area contributed by atoms with Crippen molar-refractivity contribution < 1.29 is 17.9 Å². The summed E-state index contributed by atoms with van der Waals surface area (Å²) in [7, 11) is -2.07. The molecule has 0 radical (unpaired) electrons. The van der Waals surface area contributed by atoms with E-state index in [1.165, 1.54) is 33.1 Å². The molecule has 0 bridgehead atoms. The second kappa shape index (κ2) is 4.65. The van der Waals surface area contributed by atoms with Crippen molar-refractivity contribution in [2.75, 3.05) is 7.11 Å². The van der Waals surface area contributed by atoms with Gasteiger partial charge in [0.2, 0.25) is 0 Å². The first-order chi connectivity index (χ1) is 7.39. The lowest BCUT2D eigenvalue weighted by Gasteiger charge is -2.10. The molecule has 1 atom stereocenters. The maximum absolute atomic E-state index is 11.9. The topological polar surface area (TPSA) is 60.4 Å². The standard InChI is InChI=1S/C11H14O4S/c1-8(12)9(2)16(13,14)11-6-4-10(15-3)5-7-11/h4-7,9H,1-3H3. The van der Waals surface area contributed by atoms with Crippen LogP contribution >= 0.6 is 0 Å². The molecule has 4 nitrogen and oxygen atoms in total. The zero-order chi connectivity index (χ0) is 12.3.